The molecule has 136 valence electrons. The first-order valence-corrected chi connectivity index (χ1v) is 9.26. The monoisotopic (exact) mass is 379 g/mol. The molecule has 0 unspecified atom stereocenters. The number of rotatable bonds is 3. The Kier molecular flexibility index (Phi) is 3.82. The van der Waals surface area contributed by atoms with Crippen LogP contribution >= 0.6 is 11.6 Å². The molecule has 0 amide bonds. The van der Waals surface area contributed by atoms with Gasteiger partial charge in [0.25, 0.3) is 0 Å². The Balaban J connectivity index is 1.46. The lowest BCUT2D eigenvalue weighted by atomic mass is 10.2. The Hall–Kier alpha value is -2.93. The summed E-state index contributed by atoms with van der Waals surface area (Å²) >= 11 is 6.17. The smallest absolute Gasteiger partial charge is 0.224 e. The highest BCUT2D eigenvalue weighted by molar-refractivity contribution is 6.28. The SMILES string of the molecule is CN(c1nc(Cl)nc2ccccc12)[C@@H]1CCN(c2ncnc3[nH]ccc23)C1. The van der Waals surface area contributed by atoms with Crippen LogP contribution in [-0.2, 0) is 0 Å². The van der Waals surface area contributed by atoms with E-state index in [4.69, 9.17) is 11.6 Å². The Morgan fingerprint density at radius 2 is 2.04 bits per heavy atom. The van der Waals surface area contributed by atoms with Crippen molar-refractivity contribution < 1.29 is 0 Å². The van der Waals surface area contributed by atoms with E-state index in [-0.39, 0.29) is 5.28 Å². The van der Waals surface area contributed by atoms with Crippen LogP contribution in [0.3, 0.4) is 0 Å². The van der Waals surface area contributed by atoms with Crippen molar-refractivity contribution in [3.8, 4) is 0 Å². The molecule has 1 aliphatic heterocycles. The van der Waals surface area contributed by atoms with Gasteiger partial charge in [0, 0.05) is 37.8 Å². The van der Waals surface area contributed by atoms with Crippen LogP contribution < -0.4 is 9.80 Å². The molecule has 0 saturated carbocycles. The molecule has 1 atom stereocenters. The quantitative estimate of drug-likeness (QED) is 0.551. The maximum Gasteiger partial charge on any atom is 0.224 e. The van der Waals surface area contributed by atoms with E-state index in [2.05, 4.69) is 41.8 Å². The molecule has 4 heterocycles. The third-order valence-electron chi connectivity index (χ3n) is 5.23. The Morgan fingerprint density at radius 3 is 2.96 bits per heavy atom. The van der Waals surface area contributed by atoms with E-state index in [1.807, 2.05) is 36.5 Å². The van der Waals surface area contributed by atoms with E-state index in [1.165, 1.54) is 0 Å². The summed E-state index contributed by atoms with van der Waals surface area (Å²) < 4.78 is 0. The Bertz CT molecular complexity index is 1130. The number of benzene rings is 1. The van der Waals surface area contributed by atoms with Crippen molar-refractivity contribution >= 4 is 45.2 Å². The van der Waals surface area contributed by atoms with Gasteiger partial charge in [-0.05, 0) is 36.2 Å². The zero-order valence-corrected chi connectivity index (χ0v) is 15.6. The fraction of sp³-hybridized carbons (Fsp3) is 0.263. The van der Waals surface area contributed by atoms with Crippen molar-refractivity contribution in [1.29, 1.82) is 0 Å². The van der Waals surface area contributed by atoms with Gasteiger partial charge in [0.15, 0.2) is 0 Å². The first-order chi connectivity index (χ1) is 13.2. The summed E-state index contributed by atoms with van der Waals surface area (Å²) in [5.41, 5.74) is 1.73. The number of anilines is 2. The highest BCUT2D eigenvalue weighted by Crippen LogP contribution is 2.31. The minimum Gasteiger partial charge on any atom is -0.354 e. The van der Waals surface area contributed by atoms with E-state index in [9.17, 15) is 0 Å². The van der Waals surface area contributed by atoms with Gasteiger partial charge in [-0.2, -0.15) is 4.98 Å². The molecule has 5 rings (SSSR count). The molecule has 0 spiro atoms. The molecule has 0 aliphatic carbocycles. The lowest BCUT2D eigenvalue weighted by Crippen LogP contribution is -2.35. The largest absolute Gasteiger partial charge is 0.354 e. The van der Waals surface area contributed by atoms with Gasteiger partial charge in [-0.25, -0.2) is 15.0 Å². The zero-order valence-electron chi connectivity index (χ0n) is 14.8. The first-order valence-electron chi connectivity index (χ1n) is 8.89. The van der Waals surface area contributed by atoms with Gasteiger partial charge in [0.2, 0.25) is 5.28 Å². The summed E-state index contributed by atoms with van der Waals surface area (Å²) in [6.45, 7) is 1.80. The molecular formula is C19H18ClN7. The predicted molar refractivity (Wildman–Crippen MR) is 107 cm³/mol. The molecule has 1 fully saturated rings. The van der Waals surface area contributed by atoms with E-state index in [0.717, 1.165) is 53.1 Å². The number of likely N-dealkylation sites (N-methyl/N-ethyl adjacent to an activating group) is 1. The summed E-state index contributed by atoms with van der Waals surface area (Å²) in [6.07, 6.45) is 4.53. The maximum absolute atomic E-state index is 6.17. The number of aromatic nitrogens is 5. The number of fused-ring (bicyclic) bond motifs is 2. The first kappa shape index (κ1) is 16.3. The summed E-state index contributed by atoms with van der Waals surface area (Å²) in [5, 5.41) is 2.34. The molecule has 1 aliphatic rings. The summed E-state index contributed by atoms with van der Waals surface area (Å²) in [7, 11) is 2.07. The third-order valence-corrected chi connectivity index (χ3v) is 5.40. The number of hydrogen-bond donors (Lipinski definition) is 1. The van der Waals surface area contributed by atoms with Gasteiger partial charge in [0.05, 0.1) is 10.9 Å². The molecular weight excluding hydrogens is 362 g/mol. The number of halogens is 1. The number of nitrogens with one attached hydrogen (secondary N) is 1. The standard InChI is InChI=1S/C19H18ClN7/c1-26(18-13-4-2-3-5-15(13)24-19(20)25-18)12-7-9-27(10-12)17-14-6-8-21-16(14)22-11-23-17/h2-6,8,11-12H,7,9-10H2,1H3,(H,21,22,23)/t12-/m1/s1. The van der Waals surface area contributed by atoms with Crippen LogP contribution in [0.2, 0.25) is 5.28 Å². The number of nitrogens with zero attached hydrogens (tertiary/aromatic N) is 6. The van der Waals surface area contributed by atoms with Crippen molar-refractivity contribution in [3.05, 3.63) is 48.1 Å². The molecule has 7 nitrogen and oxygen atoms in total. The van der Waals surface area contributed by atoms with Gasteiger partial charge in [-0.15, -0.1) is 0 Å². The Labute approximate surface area is 161 Å². The number of hydrogen-bond acceptors (Lipinski definition) is 6. The zero-order chi connectivity index (χ0) is 18.4. The number of aromatic amines is 1. The van der Waals surface area contributed by atoms with Crippen LogP contribution in [0.25, 0.3) is 21.9 Å². The highest BCUT2D eigenvalue weighted by atomic mass is 35.5. The normalized spacial score (nSPS) is 17.1. The second kappa shape index (κ2) is 6.35. The van der Waals surface area contributed by atoms with E-state index >= 15 is 0 Å². The molecule has 1 N–H and O–H groups in total. The third kappa shape index (κ3) is 2.75. The fourth-order valence-electron chi connectivity index (χ4n) is 3.84. The average molecular weight is 380 g/mol. The molecule has 27 heavy (non-hydrogen) atoms. The minimum absolute atomic E-state index is 0.273. The molecule has 3 aromatic heterocycles. The molecule has 4 aromatic rings. The van der Waals surface area contributed by atoms with Crippen LogP contribution in [0, 0.1) is 0 Å². The Morgan fingerprint density at radius 1 is 1.15 bits per heavy atom. The van der Waals surface area contributed by atoms with Crippen LogP contribution in [0.4, 0.5) is 11.6 Å². The molecule has 1 saturated heterocycles. The highest BCUT2D eigenvalue weighted by Gasteiger charge is 2.29. The van der Waals surface area contributed by atoms with Gasteiger partial charge in [0.1, 0.15) is 23.6 Å². The minimum atomic E-state index is 0.273. The fourth-order valence-corrected chi connectivity index (χ4v) is 4.01. The van der Waals surface area contributed by atoms with Crippen LogP contribution in [0.1, 0.15) is 6.42 Å². The lowest BCUT2D eigenvalue weighted by Gasteiger charge is -2.27. The molecule has 0 bridgehead atoms. The van der Waals surface area contributed by atoms with E-state index in [0.29, 0.717) is 6.04 Å². The van der Waals surface area contributed by atoms with Crippen LogP contribution in [0.5, 0.6) is 0 Å². The topological polar surface area (TPSA) is 73.8 Å². The van der Waals surface area contributed by atoms with Gasteiger partial charge in [-0.1, -0.05) is 12.1 Å². The summed E-state index contributed by atoms with van der Waals surface area (Å²) in [5.74, 6) is 1.84. The van der Waals surface area contributed by atoms with Crippen molar-refractivity contribution in [2.45, 2.75) is 12.5 Å². The van der Waals surface area contributed by atoms with E-state index in [1.54, 1.807) is 6.33 Å². The van der Waals surface area contributed by atoms with Crippen molar-refractivity contribution in [2.75, 3.05) is 29.9 Å². The molecule has 8 heteroatoms. The van der Waals surface area contributed by atoms with E-state index < -0.39 is 0 Å². The summed E-state index contributed by atoms with van der Waals surface area (Å²) in [6, 6.07) is 10.3. The van der Waals surface area contributed by atoms with Crippen molar-refractivity contribution in [1.82, 2.24) is 24.9 Å². The van der Waals surface area contributed by atoms with Gasteiger partial charge < -0.3 is 14.8 Å². The van der Waals surface area contributed by atoms with Crippen LogP contribution in [0.15, 0.2) is 42.9 Å². The number of para-hydroxylation sites is 1. The maximum atomic E-state index is 6.17. The second-order valence-electron chi connectivity index (χ2n) is 6.77. The number of H-pyrrole nitrogens is 1. The predicted octanol–water partition coefficient (Wildman–Crippen LogP) is 3.27. The van der Waals surface area contributed by atoms with Gasteiger partial charge in [-0.3, -0.25) is 0 Å². The van der Waals surface area contributed by atoms with Gasteiger partial charge >= 0.3 is 0 Å². The van der Waals surface area contributed by atoms with Crippen LogP contribution in [-0.4, -0.2) is 51.1 Å². The van der Waals surface area contributed by atoms with Crippen molar-refractivity contribution in [3.63, 3.8) is 0 Å². The lowest BCUT2D eigenvalue weighted by molar-refractivity contribution is 0.686. The molecule has 1 aromatic carbocycles. The van der Waals surface area contributed by atoms with Crippen molar-refractivity contribution in [2.24, 2.45) is 0 Å². The second-order valence-corrected chi connectivity index (χ2v) is 7.11. The average Bonchev–Trinajstić information content (AvgIpc) is 3.36. The summed E-state index contributed by atoms with van der Waals surface area (Å²) in [4.78, 5) is 25.3. The molecule has 0 radical (unpaired) electrons.